The van der Waals surface area contributed by atoms with Gasteiger partial charge in [-0.25, -0.2) is 4.79 Å². The van der Waals surface area contributed by atoms with E-state index >= 15 is 0 Å². The SMILES string of the molecule is CC(NC(=O)Nc1cccc(Cl)c1)C(=O)O. The Balaban J connectivity index is 2.55. The molecule has 1 atom stereocenters. The molecule has 0 fully saturated rings. The summed E-state index contributed by atoms with van der Waals surface area (Å²) in [5, 5.41) is 13.8. The van der Waals surface area contributed by atoms with Crippen LogP contribution in [-0.2, 0) is 4.79 Å². The van der Waals surface area contributed by atoms with Gasteiger partial charge in [-0.15, -0.1) is 0 Å². The average Bonchev–Trinajstić information content (AvgIpc) is 2.16. The summed E-state index contributed by atoms with van der Waals surface area (Å²) in [5.41, 5.74) is 0.502. The molecule has 0 saturated carbocycles. The van der Waals surface area contributed by atoms with Crippen LogP contribution in [0.15, 0.2) is 24.3 Å². The third kappa shape index (κ3) is 3.78. The zero-order valence-corrected chi connectivity index (χ0v) is 9.28. The van der Waals surface area contributed by atoms with Crippen LogP contribution in [0.3, 0.4) is 0 Å². The van der Waals surface area contributed by atoms with Crippen molar-refractivity contribution in [2.75, 3.05) is 5.32 Å². The van der Waals surface area contributed by atoms with Crippen molar-refractivity contribution >= 4 is 29.3 Å². The number of hydrogen-bond acceptors (Lipinski definition) is 2. The Morgan fingerprint density at radius 1 is 1.44 bits per heavy atom. The zero-order chi connectivity index (χ0) is 12.1. The maximum atomic E-state index is 11.3. The van der Waals surface area contributed by atoms with Crippen LogP contribution >= 0.6 is 11.6 Å². The molecule has 1 unspecified atom stereocenters. The number of aliphatic carboxylic acids is 1. The minimum absolute atomic E-state index is 0.490. The molecule has 0 heterocycles. The number of rotatable bonds is 3. The van der Waals surface area contributed by atoms with Crippen molar-refractivity contribution < 1.29 is 14.7 Å². The predicted octanol–water partition coefficient (Wildman–Crippen LogP) is 1.93. The molecule has 0 aliphatic heterocycles. The first-order valence-corrected chi connectivity index (χ1v) is 4.92. The second-order valence-electron chi connectivity index (χ2n) is 3.17. The van der Waals surface area contributed by atoms with E-state index in [4.69, 9.17) is 16.7 Å². The van der Waals surface area contributed by atoms with E-state index in [9.17, 15) is 9.59 Å². The van der Waals surface area contributed by atoms with Crippen LogP contribution in [0, 0.1) is 0 Å². The van der Waals surface area contributed by atoms with Gasteiger partial charge in [0.2, 0.25) is 0 Å². The maximum Gasteiger partial charge on any atom is 0.325 e. The molecule has 0 bridgehead atoms. The van der Waals surface area contributed by atoms with Crippen molar-refractivity contribution in [3.63, 3.8) is 0 Å². The molecule has 16 heavy (non-hydrogen) atoms. The number of carboxylic acid groups (broad SMARTS) is 1. The number of amides is 2. The standard InChI is InChI=1S/C10H11ClN2O3/c1-6(9(14)15)12-10(16)13-8-4-2-3-7(11)5-8/h2-6H,1H3,(H,14,15)(H2,12,13,16). The molecule has 0 spiro atoms. The van der Waals surface area contributed by atoms with Crippen LogP contribution in [-0.4, -0.2) is 23.1 Å². The molecule has 1 aromatic carbocycles. The molecule has 1 rings (SSSR count). The highest BCUT2D eigenvalue weighted by molar-refractivity contribution is 6.30. The molecule has 1 aromatic rings. The molecule has 0 aromatic heterocycles. The van der Waals surface area contributed by atoms with Gasteiger partial charge >= 0.3 is 12.0 Å². The summed E-state index contributed by atoms with van der Waals surface area (Å²) in [6, 6.07) is 5.03. The minimum atomic E-state index is -1.10. The Morgan fingerprint density at radius 2 is 2.12 bits per heavy atom. The van der Waals surface area contributed by atoms with E-state index in [1.165, 1.54) is 6.92 Å². The molecular formula is C10H11ClN2O3. The lowest BCUT2D eigenvalue weighted by Crippen LogP contribution is -2.40. The molecule has 0 aliphatic rings. The number of hydrogen-bond donors (Lipinski definition) is 3. The minimum Gasteiger partial charge on any atom is -0.480 e. The second kappa shape index (κ2) is 5.37. The molecule has 3 N–H and O–H groups in total. The van der Waals surface area contributed by atoms with Gasteiger partial charge in [0.1, 0.15) is 6.04 Å². The van der Waals surface area contributed by atoms with E-state index < -0.39 is 18.0 Å². The van der Waals surface area contributed by atoms with Crippen molar-refractivity contribution in [3.8, 4) is 0 Å². The van der Waals surface area contributed by atoms with Crippen molar-refractivity contribution in [1.29, 1.82) is 0 Å². The van der Waals surface area contributed by atoms with Gasteiger partial charge in [0.15, 0.2) is 0 Å². The average molecular weight is 243 g/mol. The van der Waals surface area contributed by atoms with Gasteiger partial charge in [0.05, 0.1) is 0 Å². The molecule has 6 heteroatoms. The first kappa shape index (κ1) is 12.3. The molecule has 5 nitrogen and oxygen atoms in total. The molecule has 0 saturated heterocycles. The highest BCUT2D eigenvalue weighted by Crippen LogP contribution is 2.14. The molecule has 2 amide bonds. The first-order chi connectivity index (χ1) is 7.49. The Morgan fingerprint density at radius 3 is 2.69 bits per heavy atom. The number of urea groups is 1. The highest BCUT2D eigenvalue weighted by Gasteiger charge is 2.13. The van der Waals surface area contributed by atoms with E-state index in [1.54, 1.807) is 24.3 Å². The fourth-order valence-corrected chi connectivity index (χ4v) is 1.18. The summed E-state index contributed by atoms with van der Waals surface area (Å²) in [7, 11) is 0. The van der Waals surface area contributed by atoms with E-state index in [1.807, 2.05) is 0 Å². The summed E-state index contributed by atoms with van der Waals surface area (Å²) in [6.45, 7) is 1.37. The van der Waals surface area contributed by atoms with E-state index in [2.05, 4.69) is 10.6 Å². The monoisotopic (exact) mass is 242 g/mol. The Bertz CT molecular complexity index is 409. The van der Waals surface area contributed by atoms with Gasteiger partial charge in [0, 0.05) is 10.7 Å². The highest BCUT2D eigenvalue weighted by atomic mass is 35.5. The van der Waals surface area contributed by atoms with Crippen LogP contribution in [0.5, 0.6) is 0 Å². The van der Waals surface area contributed by atoms with Gasteiger partial charge in [-0.1, -0.05) is 17.7 Å². The lowest BCUT2D eigenvalue weighted by Gasteiger charge is -2.10. The molecule has 86 valence electrons. The Labute approximate surface area is 97.4 Å². The number of benzene rings is 1. The Hall–Kier alpha value is -1.75. The second-order valence-corrected chi connectivity index (χ2v) is 3.61. The van der Waals surface area contributed by atoms with E-state index in [0.717, 1.165) is 0 Å². The molecule has 0 aliphatic carbocycles. The van der Waals surface area contributed by atoms with Crippen molar-refractivity contribution in [3.05, 3.63) is 29.3 Å². The zero-order valence-electron chi connectivity index (χ0n) is 8.53. The van der Waals surface area contributed by atoms with Gasteiger partial charge in [-0.2, -0.15) is 0 Å². The topological polar surface area (TPSA) is 78.4 Å². The van der Waals surface area contributed by atoms with Gasteiger partial charge in [-0.05, 0) is 25.1 Å². The van der Waals surface area contributed by atoms with Crippen LogP contribution < -0.4 is 10.6 Å². The summed E-state index contributed by atoms with van der Waals surface area (Å²) in [4.78, 5) is 21.8. The smallest absolute Gasteiger partial charge is 0.325 e. The first-order valence-electron chi connectivity index (χ1n) is 4.55. The molecule has 0 radical (unpaired) electrons. The van der Waals surface area contributed by atoms with Crippen molar-refractivity contribution in [2.45, 2.75) is 13.0 Å². The van der Waals surface area contributed by atoms with Crippen LogP contribution in [0.1, 0.15) is 6.92 Å². The lowest BCUT2D eigenvalue weighted by atomic mass is 10.3. The van der Waals surface area contributed by atoms with E-state index in [-0.39, 0.29) is 0 Å². The van der Waals surface area contributed by atoms with Crippen LogP contribution in [0.25, 0.3) is 0 Å². The predicted molar refractivity (Wildman–Crippen MR) is 60.7 cm³/mol. The van der Waals surface area contributed by atoms with Crippen LogP contribution in [0.2, 0.25) is 5.02 Å². The largest absolute Gasteiger partial charge is 0.480 e. The number of halogens is 1. The summed E-state index contributed by atoms with van der Waals surface area (Å²) < 4.78 is 0. The lowest BCUT2D eigenvalue weighted by molar-refractivity contribution is -0.138. The van der Waals surface area contributed by atoms with Gasteiger partial charge in [-0.3, -0.25) is 4.79 Å². The summed E-state index contributed by atoms with van der Waals surface area (Å²) in [5.74, 6) is -1.10. The van der Waals surface area contributed by atoms with Gasteiger partial charge in [0.25, 0.3) is 0 Å². The van der Waals surface area contributed by atoms with Gasteiger partial charge < -0.3 is 15.7 Å². The van der Waals surface area contributed by atoms with E-state index in [0.29, 0.717) is 10.7 Å². The molecular weight excluding hydrogens is 232 g/mol. The Kier molecular flexibility index (Phi) is 4.13. The number of anilines is 1. The van der Waals surface area contributed by atoms with Crippen molar-refractivity contribution in [1.82, 2.24) is 5.32 Å². The van der Waals surface area contributed by atoms with Crippen molar-refractivity contribution in [2.24, 2.45) is 0 Å². The quantitative estimate of drug-likeness (QED) is 0.758. The fourth-order valence-electron chi connectivity index (χ4n) is 0.992. The fraction of sp³-hybridized carbons (Fsp3) is 0.200. The number of nitrogens with one attached hydrogen (secondary N) is 2. The third-order valence-corrected chi connectivity index (χ3v) is 2.04. The number of carbonyl (C=O) groups excluding carboxylic acids is 1. The number of carbonyl (C=O) groups is 2. The normalized spacial score (nSPS) is 11.6. The summed E-state index contributed by atoms with van der Waals surface area (Å²) >= 11 is 5.72. The third-order valence-electron chi connectivity index (χ3n) is 1.80. The number of carboxylic acids is 1. The summed E-state index contributed by atoms with van der Waals surface area (Å²) in [6.07, 6.45) is 0. The maximum absolute atomic E-state index is 11.3. The van der Waals surface area contributed by atoms with Crippen LogP contribution in [0.4, 0.5) is 10.5 Å².